The van der Waals surface area contributed by atoms with Gasteiger partial charge in [0, 0.05) is 5.02 Å². The van der Waals surface area contributed by atoms with Gasteiger partial charge in [-0.25, -0.2) is 12.8 Å². The van der Waals surface area contributed by atoms with E-state index in [-0.39, 0.29) is 16.5 Å². The highest BCUT2D eigenvalue weighted by Gasteiger charge is 2.15. The van der Waals surface area contributed by atoms with Gasteiger partial charge in [-0.1, -0.05) is 47.5 Å². The molecule has 0 radical (unpaired) electrons. The van der Waals surface area contributed by atoms with Crippen LogP contribution in [0.1, 0.15) is 16.7 Å². The summed E-state index contributed by atoms with van der Waals surface area (Å²) in [6, 6.07) is 11.1. The quantitative estimate of drug-likeness (QED) is 0.858. The Hall–Kier alpha value is -1.39. The van der Waals surface area contributed by atoms with Crippen molar-refractivity contribution in [3.8, 4) is 0 Å². The zero-order valence-corrected chi connectivity index (χ0v) is 12.5. The highest BCUT2D eigenvalue weighted by molar-refractivity contribution is 7.89. The smallest absolute Gasteiger partial charge is 0.158 e. The fourth-order valence-corrected chi connectivity index (χ4v) is 3.81. The Kier molecular flexibility index (Phi) is 4.45. The Balaban J connectivity index is 2.19. The first-order valence-corrected chi connectivity index (χ1v) is 8.25. The summed E-state index contributed by atoms with van der Waals surface area (Å²) in [4.78, 5) is 0. The number of hydrogen-bond donors (Lipinski definition) is 0. The monoisotopic (exact) mass is 312 g/mol. The summed E-state index contributed by atoms with van der Waals surface area (Å²) < 4.78 is 37.3. The summed E-state index contributed by atoms with van der Waals surface area (Å²) >= 11 is 5.86. The number of sulfone groups is 1. The third-order valence-electron chi connectivity index (χ3n) is 2.86. The first-order chi connectivity index (χ1) is 9.35. The van der Waals surface area contributed by atoms with Gasteiger partial charge in [0.15, 0.2) is 9.84 Å². The van der Waals surface area contributed by atoms with E-state index in [1.54, 1.807) is 6.07 Å². The molecule has 0 saturated carbocycles. The molecule has 0 heterocycles. The molecule has 2 aromatic rings. The maximum absolute atomic E-state index is 12.9. The molecule has 5 heteroatoms. The molecule has 0 aromatic heterocycles. The molecule has 0 spiro atoms. The average molecular weight is 313 g/mol. The predicted octanol–water partition coefficient (Wildman–Crippen LogP) is 3.90. The van der Waals surface area contributed by atoms with Crippen LogP contribution >= 0.6 is 11.6 Å². The Morgan fingerprint density at radius 2 is 1.85 bits per heavy atom. The van der Waals surface area contributed by atoms with Gasteiger partial charge in [-0.15, -0.1) is 0 Å². The van der Waals surface area contributed by atoms with Crippen molar-refractivity contribution in [3.63, 3.8) is 0 Å². The maximum Gasteiger partial charge on any atom is 0.158 e. The standard InChI is InChI=1S/C15H14ClFO2S/c1-11-3-2-4-12(7-11)9-20(18,19)10-13-5-6-14(17)8-15(13)16/h2-8H,9-10H2,1H3. The summed E-state index contributed by atoms with van der Waals surface area (Å²) in [6.45, 7) is 1.91. The second-order valence-electron chi connectivity index (χ2n) is 4.76. The van der Waals surface area contributed by atoms with Crippen LogP contribution < -0.4 is 0 Å². The zero-order chi connectivity index (χ0) is 14.8. The lowest BCUT2D eigenvalue weighted by Crippen LogP contribution is -2.08. The van der Waals surface area contributed by atoms with Crippen LogP contribution in [0.2, 0.25) is 5.02 Å². The van der Waals surface area contributed by atoms with Gasteiger partial charge in [-0.2, -0.15) is 0 Å². The third-order valence-corrected chi connectivity index (χ3v) is 4.74. The zero-order valence-electron chi connectivity index (χ0n) is 10.9. The van der Waals surface area contributed by atoms with Crippen LogP contribution in [0.3, 0.4) is 0 Å². The second-order valence-corrected chi connectivity index (χ2v) is 7.23. The van der Waals surface area contributed by atoms with E-state index in [1.807, 2.05) is 25.1 Å². The summed E-state index contributed by atoms with van der Waals surface area (Å²) in [7, 11) is -3.35. The lowest BCUT2D eigenvalue weighted by molar-refractivity contribution is 0.594. The molecule has 0 bridgehead atoms. The van der Waals surface area contributed by atoms with Gasteiger partial charge in [0.05, 0.1) is 11.5 Å². The molecular formula is C15H14ClFO2S. The van der Waals surface area contributed by atoms with Crippen LogP contribution in [0.15, 0.2) is 42.5 Å². The minimum Gasteiger partial charge on any atom is -0.228 e. The van der Waals surface area contributed by atoms with Gasteiger partial charge < -0.3 is 0 Å². The summed E-state index contributed by atoms with van der Waals surface area (Å²) in [5.74, 6) is -0.725. The minimum atomic E-state index is -3.35. The molecule has 0 aliphatic carbocycles. The summed E-state index contributed by atoms with van der Waals surface area (Å²) in [5, 5.41) is 0.137. The second kappa shape index (κ2) is 5.94. The molecule has 0 unspecified atom stereocenters. The largest absolute Gasteiger partial charge is 0.228 e. The molecule has 0 aliphatic rings. The van der Waals surface area contributed by atoms with Crippen LogP contribution in [0.5, 0.6) is 0 Å². The number of benzene rings is 2. The van der Waals surface area contributed by atoms with Crippen LogP contribution in [0, 0.1) is 12.7 Å². The van der Waals surface area contributed by atoms with E-state index in [2.05, 4.69) is 0 Å². The Bertz CT molecular complexity index is 726. The SMILES string of the molecule is Cc1cccc(CS(=O)(=O)Cc2ccc(F)cc2Cl)c1. The van der Waals surface area contributed by atoms with Crippen LogP contribution in [0.25, 0.3) is 0 Å². The molecule has 2 rings (SSSR count). The van der Waals surface area contributed by atoms with E-state index in [9.17, 15) is 12.8 Å². The minimum absolute atomic E-state index is 0.0532. The van der Waals surface area contributed by atoms with Crippen molar-refractivity contribution in [1.82, 2.24) is 0 Å². The molecule has 2 nitrogen and oxygen atoms in total. The first kappa shape index (κ1) is 15.0. The highest BCUT2D eigenvalue weighted by atomic mass is 35.5. The molecule has 0 saturated heterocycles. The number of halogens is 2. The van der Waals surface area contributed by atoms with Crippen LogP contribution in [0.4, 0.5) is 4.39 Å². The molecular weight excluding hydrogens is 299 g/mol. The molecule has 2 aromatic carbocycles. The Labute approximate surface area is 123 Å². The van der Waals surface area contributed by atoms with Crippen LogP contribution in [-0.2, 0) is 21.3 Å². The Morgan fingerprint density at radius 3 is 2.50 bits per heavy atom. The van der Waals surface area contributed by atoms with Gasteiger partial charge in [0.1, 0.15) is 5.82 Å². The van der Waals surface area contributed by atoms with Crippen molar-refractivity contribution in [1.29, 1.82) is 0 Å². The van der Waals surface area contributed by atoms with Crippen molar-refractivity contribution in [2.24, 2.45) is 0 Å². The molecule has 20 heavy (non-hydrogen) atoms. The molecule has 0 amide bonds. The van der Waals surface area contributed by atoms with E-state index in [0.717, 1.165) is 17.2 Å². The van der Waals surface area contributed by atoms with Crippen LogP contribution in [-0.4, -0.2) is 8.42 Å². The van der Waals surface area contributed by atoms with Gasteiger partial charge in [0.2, 0.25) is 0 Å². The first-order valence-electron chi connectivity index (χ1n) is 6.06. The fourth-order valence-electron chi connectivity index (χ4n) is 1.98. The fraction of sp³-hybridized carbons (Fsp3) is 0.200. The molecule has 0 aliphatic heterocycles. The molecule has 0 N–H and O–H groups in total. The van der Waals surface area contributed by atoms with Crippen molar-refractivity contribution >= 4 is 21.4 Å². The lowest BCUT2D eigenvalue weighted by atomic mass is 10.2. The van der Waals surface area contributed by atoms with Gasteiger partial charge in [-0.3, -0.25) is 0 Å². The Morgan fingerprint density at radius 1 is 1.10 bits per heavy atom. The number of hydrogen-bond acceptors (Lipinski definition) is 2. The molecule has 0 atom stereocenters. The van der Waals surface area contributed by atoms with Crippen molar-refractivity contribution in [3.05, 3.63) is 70.0 Å². The summed E-state index contributed by atoms with van der Waals surface area (Å²) in [5.41, 5.74) is 2.17. The van der Waals surface area contributed by atoms with Gasteiger partial charge in [-0.05, 0) is 30.2 Å². The van der Waals surface area contributed by atoms with E-state index in [4.69, 9.17) is 11.6 Å². The third kappa shape index (κ3) is 4.05. The molecule has 0 fully saturated rings. The number of aryl methyl sites for hydroxylation is 1. The van der Waals surface area contributed by atoms with Crippen molar-refractivity contribution in [2.45, 2.75) is 18.4 Å². The van der Waals surface area contributed by atoms with Gasteiger partial charge in [0.25, 0.3) is 0 Å². The number of rotatable bonds is 4. The van der Waals surface area contributed by atoms with Crippen molar-refractivity contribution < 1.29 is 12.8 Å². The van der Waals surface area contributed by atoms with E-state index < -0.39 is 15.7 Å². The predicted molar refractivity (Wildman–Crippen MR) is 78.9 cm³/mol. The lowest BCUT2D eigenvalue weighted by Gasteiger charge is -2.07. The van der Waals surface area contributed by atoms with Crippen molar-refractivity contribution in [2.75, 3.05) is 0 Å². The maximum atomic E-state index is 12.9. The normalized spacial score (nSPS) is 11.6. The topological polar surface area (TPSA) is 34.1 Å². The van der Waals surface area contributed by atoms with E-state index >= 15 is 0 Å². The van der Waals surface area contributed by atoms with Gasteiger partial charge >= 0.3 is 0 Å². The highest BCUT2D eigenvalue weighted by Crippen LogP contribution is 2.21. The average Bonchev–Trinajstić information content (AvgIpc) is 2.32. The van der Waals surface area contributed by atoms with E-state index in [1.165, 1.54) is 12.1 Å². The molecule has 106 valence electrons. The van der Waals surface area contributed by atoms with E-state index in [0.29, 0.717) is 5.56 Å². The summed E-state index contributed by atoms with van der Waals surface area (Å²) in [6.07, 6.45) is 0.